The minimum atomic E-state index is 0.612. The number of nitrogen functional groups attached to an aromatic ring is 1. The van der Waals surface area contributed by atoms with Crippen molar-refractivity contribution in [2.75, 3.05) is 52.3 Å². The Labute approximate surface area is 176 Å². The molecule has 158 valence electrons. The minimum Gasteiger partial charge on any atom is -0.493 e. The summed E-state index contributed by atoms with van der Waals surface area (Å²) in [6.45, 7) is 5.20. The molecule has 1 aliphatic rings. The standard InChI is InChI=1S/C23H27N3O4/c1-27-22-15-19-20(16-23(22)29-12-2-9-26-10-13-28-14-11-26)25-8-7-21(19)30-18-5-3-17(24)4-6-18/h3-8,15-16H,2,9-14,24H2,1H3. The van der Waals surface area contributed by atoms with Crippen molar-refractivity contribution < 1.29 is 18.9 Å². The molecule has 2 N–H and O–H groups in total. The Balaban J connectivity index is 1.47. The number of ether oxygens (including phenoxy) is 4. The van der Waals surface area contributed by atoms with Crippen LogP contribution in [0.4, 0.5) is 5.69 Å². The number of fused-ring (bicyclic) bond motifs is 1. The zero-order chi connectivity index (χ0) is 20.8. The Kier molecular flexibility index (Phi) is 6.51. The number of morpholine rings is 1. The summed E-state index contributed by atoms with van der Waals surface area (Å²) in [6, 6.07) is 12.9. The van der Waals surface area contributed by atoms with Gasteiger partial charge in [0.25, 0.3) is 0 Å². The number of benzene rings is 2. The van der Waals surface area contributed by atoms with Crippen LogP contribution in [0.3, 0.4) is 0 Å². The molecular weight excluding hydrogens is 382 g/mol. The second-order valence-corrected chi connectivity index (χ2v) is 7.16. The lowest BCUT2D eigenvalue weighted by molar-refractivity contribution is 0.0357. The third kappa shape index (κ3) is 4.93. The van der Waals surface area contributed by atoms with Gasteiger partial charge < -0.3 is 24.7 Å². The van der Waals surface area contributed by atoms with Gasteiger partial charge in [-0.1, -0.05) is 0 Å². The average Bonchev–Trinajstić information content (AvgIpc) is 2.78. The molecule has 1 fully saturated rings. The van der Waals surface area contributed by atoms with Crippen molar-refractivity contribution >= 4 is 16.6 Å². The molecule has 7 nitrogen and oxygen atoms in total. The fourth-order valence-corrected chi connectivity index (χ4v) is 3.45. The first-order valence-corrected chi connectivity index (χ1v) is 10.2. The molecule has 0 atom stereocenters. The second-order valence-electron chi connectivity index (χ2n) is 7.16. The van der Waals surface area contributed by atoms with Crippen LogP contribution in [0.2, 0.25) is 0 Å². The molecule has 2 heterocycles. The number of nitrogens with zero attached hydrogens (tertiary/aromatic N) is 2. The van der Waals surface area contributed by atoms with Crippen LogP contribution in [0, 0.1) is 0 Å². The van der Waals surface area contributed by atoms with Gasteiger partial charge in [0.2, 0.25) is 0 Å². The maximum atomic E-state index is 6.04. The first-order chi connectivity index (χ1) is 14.7. The molecule has 0 aliphatic carbocycles. The van der Waals surface area contributed by atoms with Crippen molar-refractivity contribution in [2.45, 2.75) is 6.42 Å². The summed E-state index contributed by atoms with van der Waals surface area (Å²) in [5, 5.41) is 0.854. The molecule has 0 bridgehead atoms. The van der Waals surface area contributed by atoms with E-state index in [1.807, 2.05) is 42.5 Å². The highest BCUT2D eigenvalue weighted by atomic mass is 16.5. The predicted molar refractivity (Wildman–Crippen MR) is 117 cm³/mol. The summed E-state index contributed by atoms with van der Waals surface area (Å²) >= 11 is 0. The maximum Gasteiger partial charge on any atom is 0.163 e. The number of aromatic nitrogens is 1. The first kappa shape index (κ1) is 20.3. The van der Waals surface area contributed by atoms with Crippen LogP contribution in [0.1, 0.15) is 6.42 Å². The average molecular weight is 409 g/mol. The van der Waals surface area contributed by atoms with E-state index in [1.54, 1.807) is 13.3 Å². The van der Waals surface area contributed by atoms with Crippen molar-refractivity contribution in [3.63, 3.8) is 0 Å². The van der Waals surface area contributed by atoms with E-state index in [0.29, 0.717) is 35.3 Å². The third-order valence-corrected chi connectivity index (χ3v) is 5.07. The summed E-state index contributed by atoms with van der Waals surface area (Å²) in [5.74, 6) is 2.74. The Morgan fingerprint density at radius 1 is 1.03 bits per heavy atom. The van der Waals surface area contributed by atoms with Gasteiger partial charge in [-0.2, -0.15) is 0 Å². The van der Waals surface area contributed by atoms with E-state index < -0.39 is 0 Å². The van der Waals surface area contributed by atoms with Crippen molar-refractivity contribution in [1.82, 2.24) is 9.88 Å². The summed E-state index contributed by atoms with van der Waals surface area (Å²) in [6.07, 6.45) is 2.67. The number of hydrogen-bond donors (Lipinski definition) is 1. The van der Waals surface area contributed by atoms with Crippen molar-refractivity contribution in [3.05, 3.63) is 48.7 Å². The summed E-state index contributed by atoms with van der Waals surface area (Å²) in [7, 11) is 1.64. The van der Waals surface area contributed by atoms with Crippen molar-refractivity contribution in [3.8, 4) is 23.0 Å². The van der Waals surface area contributed by atoms with Gasteiger partial charge >= 0.3 is 0 Å². The molecule has 1 aliphatic heterocycles. The summed E-state index contributed by atoms with van der Waals surface area (Å²) in [5.41, 5.74) is 7.23. The van der Waals surface area contributed by atoms with Gasteiger partial charge in [-0.25, -0.2) is 0 Å². The quantitative estimate of drug-likeness (QED) is 0.449. The maximum absolute atomic E-state index is 6.04. The molecular formula is C23H27N3O4. The highest BCUT2D eigenvalue weighted by molar-refractivity contribution is 5.88. The Bertz CT molecular complexity index is 972. The molecule has 2 aromatic carbocycles. The lowest BCUT2D eigenvalue weighted by Crippen LogP contribution is -2.37. The van der Waals surface area contributed by atoms with Gasteiger partial charge in [-0.15, -0.1) is 0 Å². The zero-order valence-electron chi connectivity index (χ0n) is 17.2. The van der Waals surface area contributed by atoms with Gasteiger partial charge in [0, 0.05) is 43.0 Å². The summed E-state index contributed by atoms with van der Waals surface area (Å²) < 4.78 is 23.0. The number of nitrogens with two attached hydrogens (primary N) is 1. The van der Waals surface area contributed by atoms with Gasteiger partial charge in [0.05, 0.1) is 32.4 Å². The lowest BCUT2D eigenvalue weighted by atomic mass is 10.1. The van der Waals surface area contributed by atoms with Crippen LogP contribution in [0.25, 0.3) is 10.9 Å². The monoisotopic (exact) mass is 409 g/mol. The highest BCUT2D eigenvalue weighted by Gasteiger charge is 2.13. The fraction of sp³-hybridized carbons (Fsp3) is 0.348. The predicted octanol–water partition coefficient (Wildman–Crippen LogP) is 3.72. The van der Waals surface area contributed by atoms with Gasteiger partial charge in [0.15, 0.2) is 11.5 Å². The topological polar surface area (TPSA) is 79.1 Å². The van der Waals surface area contributed by atoms with Crippen LogP contribution in [-0.2, 0) is 4.74 Å². The van der Waals surface area contributed by atoms with E-state index in [2.05, 4.69) is 9.88 Å². The first-order valence-electron chi connectivity index (χ1n) is 10.2. The zero-order valence-corrected chi connectivity index (χ0v) is 17.2. The number of rotatable bonds is 8. The lowest BCUT2D eigenvalue weighted by Gasteiger charge is -2.26. The fourth-order valence-electron chi connectivity index (χ4n) is 3.45. The van der Waals surface area contributed by atoms with Crippen molar-refractivity contribution in [2.24, 2.45) is 0 Å². The molecule has 0 saturated carbocycles. The van der Waals surface area contributed by atoms with Crippen molar-refractivity contribution in [1.29, 1.82) is 0 Å². The Morgan fingerprint density at radius 3 is 2.60 bits per heavy atom. The molecule has 1 saturated heterocycles. The van der Waals surface area contributed by atoms with E-state index >= 15 is 0 Å². The molecule has 30 heavy (non-hydrogen) atoms. The van der Waals surface area contributed by atoms with Crippen LogP contribution in [-0.4, -0.2) is 56.4 Å². The van der Waals surface area contributed by atoms with Gasteiger partial charge in [-0.05, 0) is 42.8 Å². The van der Waals surface area contributed by atoms with E-state index in [9.17, 15) is 0 Å². The van der Waals surface area contributed by atoms with E-state index in [1.165, 1.54) is 0 Å². The third-order valence-electron chi connectivity index (χ3n) is 5.07. The number of anilines is 1. The van der Waals surface area contributed by atoms with E-state index in [4.69, 9.17) is 24.7 Å². The van der Waals surface area contributed by atoms with Crippen LogP contribution in [0.5, 0.6) is 23.0 Å². The number of pyridine rings is 1. The molecule has 4 rings (SSSR count). The number of hydrogen-bond acceptors (Lipinski definition) is 7. The minimum absolute atomic E-state index is 0.612. The van der Waals surface area contributed by atoms with Crippen LogP contribution < -0.4 is 19.9 Å². The SMILES string of the molecule is COc1cc2c(Oc3ccc(N)cc3)ccnc2cc1OCCCN1CCOCC1. The normalized spacial score (nSPS) is 14.6. The van der Waals surface area contributed by atoms with Gasteiger partial charge in [-0.3, -0.25) is 9.88 Å². The molecule has 1 aromatic heterocycles. The van der Waals surface area contributed by atoms with Crippen LogP contribution >= 0.6 is 0 Å². The smallest absolute Gasteiger partial charge is 0.163 e. The Hall–Kier alpha value is -3.03. The Morgan fingerprint density at radius 2 is 1.83 bits per heavy atom. The van der Waals surface area contributed by atoms with Crippen LogP contribution in [0.15, 0.2) is 48.7 Å². The number of methoxy groups -OCH3 is 1. The van der Waals surface area contributed by atoms with Gasteiger partial charge in [0.1, 0.15) is 11.5 Å². The van der Waals surface area contributed by atoms with E-state index in [-0.39, 0.29) is 0 Å². The molecule has 0 spiro atoms. The largest absolute Gasteiger partial charge is 0.493 e. The molecule has 0 amide bonds. The molecule has 0 radical (unpaired) electrons. The molecule has 3 aromatic rings. The second kappa shape index (κ2) is 9.65. The molecule has 7 heteroatoms. The highest BCUT2D eigenvalue weighted by Crippen LogP contribution is 2.37. The van der Waals surface area contributed by atoms with E-state index in [0.717, 1.165) is 50.2 Å². The molecule has 0 unspecified atom stereocenters. The summed E-state index contributed by atoms with van der Waals surface area (Å²) in [4.78, 5) is 6.87.